The molecule has 0 unspecified atom stereocenters. The summed E-state index contributed by atoms with van der Waals surface area (Å²) in [6.07, 6.45) is 3.31. The fraction of sp³-hybridized carbons (Fsp3) is 0.278. The lowest BCUT2D eigenvalue weighted by atomic mass is 10.3. The van der Waals surface area contributed by atoms with E-state index >= 15 is 0 Å². The first-order chi connectivity index (χ1) is 13.9. The van der Waals surface area contributed by atoms with Crippen LogP contribution < -0.4 is 4.74 Å². The van der Waals surface area contributed by atoms with Crippen molar-refractivity contribution in [1.82, 2.24) is 24.5 Å². The molecule has 10 nitrogen and oxygen atoms in total. The van der Waals surface area contributed by atoms with Crippen LogP contribution in [0.1, 0.15) is 23.1 Å². The van der Waals surface area contributed by atoms with Crippen LogP contribution in [0, 0.1) is 10.1 Å². The lowest BCUT2D eigenvalue weighted by molar-refractivity contribution is -0.384. The minimum absolute atomic E-state index is 0.00285. The number of hydrogen-bond donors (Lipinski definition) is 0. The number of carbonyl (C=O) groups is 1. The summed E-state index contributed by atoms with van der Waals surface area (Å²) in [6, 6.07) is 7.39. The Morgan fingerprint density at radius 3 is 2.83 bits per heavy atom. The van der Waals surface area contributed by atoms with Gasteiger partial charge in [0.25, 0.3) is 11.6 Å². The first-order valence-electron chi connectivity index (χ1n) is 8.75. The molecule has 2 heterocycles. The van der Waals surface area contributed by atoms with Gasteiger partial charge in [-0.1, -0.05) is 11.6 Å². The number of benzene rings is 1. The first-order valence-corrected chi connectivity index (χ1v) is 9.13. The molecular formula is C18H19ClN6O4. The highest BCUT2D eigenvalue weighted by molar-refractivity contribution is 6.32. The zero-order chi connectivity index (χ0) is 21.0. The Morgan fingerprint density at radius 1 is 1.34 bits per heavy atom. The summed E-state index contributed by atoms with van der Waals surface area (Å²) in [5.74, 6) is 0.0477. The normalized spacial score (nSPS) is 10.7. The molecule has 0 fully saturated rings. The fourth-order valence-corrected chi connectivity index (χ4v) is 2.92. The second-order valence-electron chi connectivity index (χ2n) is 6.19. The number of hydrogen-bond acceptors (Lipinski definition) is 6. The SMILES string of the molecule is CCn1nccc1CN(C)C(=O)c1ccn(COc2ccc([N+](=O)[O-])cc2Cl)n1. The summed E-state index contributed by atoms with van der Waals surface area (Å²) >= 11 is 6.00. The minimum Gasteiger partial charge on any atom is -0.470 e. The van der Waals surface area contributed by atoms with Gasteiger partial charge in [-0.05, 0) is 25.1 Å². The van der Waals surface area contributed by atoms with Crippen molar-refractivity contribution < 1.29 is 14.5 Å². The predicted molar refractivity (Wildman–Crippen MR) is 105 cm³/mol. The largest absolute Gasteiger partial charge is 0.470 e. The van der Waals surface area contributed by atoms with Gasteiger partial charge in [-0.2, -0.15) is 10.2 Å². The number of nitrogens with zero attached hydrogens (tertiary/aromatic N) is 6. The maximum Gasteiger partial charge on any atom is 0.274 e. The summed E-state index contributed by atoms with van der Waals surface area (Å²) in [7, 11) is 1.70. The lowest BCUT2D eigenvalue weighted by Crippen LogP contribution is -2.28. The number of halogens is 1. The molecule has 11 heteroatoms. The maximum atomic E-state index is 12.6. The third kappa shape index (κ3) is 4.72. The molecule has 3 rings (SSSR count). The van der Waals surface area contributed by atoms with Gasteiger partial charge in [0.2, 0.25) is 0 Å². The van der Waals surface area contributed by atoms with Crippen molar-refractivity contribution in [2.24, 2.45) is 0 Å². The van der Waals surface area contributed by atoms with Gasteiger partial charge in [-0.25, -0.2) is 4.68 Å². The number of aromatic nitrogens is 4. The Hall–Kier alpha value is -3.40. The molecule has 0 bridgehead atoms. The van der Waals surface area contributed by atoms with Crippen molar-refractivity contribution in [2.45, 2.75) is 26.7 Å². The third-order valence-electron chi connectivity index (χ3n) is 4.19. The van der Waals surface area contributed by atoms with E-state index in [4.69, 9.17) is 16.3 Å². The van der Waals surface area contributed by atoms with Gasteiger partial charge in [-0.15, -0.1) is 0 Å². The minimum atomic E-state index is -0.537. The molecule has 0 saturated carbocycles. The molecule has 0 aliphatic rings. The third-order valence-corrected chi connectivity index (χ3v) is 4.48. The van der Waals surface area contributed by atoms with Crippen molar-refractivity contribution in [2.75, 3.05) is 7.05 Å². The van der Waals surface area contributed by atoms with Crippen LogP contribution in [0.25, 0.3) is 0 Å². The smallest absolute Gasteiger partial charge is 0.274 e. The average molecular weight is 419 g/mol. The Balaban J connectivity index is 1.61. The monoisotopic (exact) mass is 418 g/mol. The molecule has 0 atom stereocenters. The highest BCUT2D eigenvalue weighted by atomic mass is 35.5. The van der Waals surface area contributed by atoms with Crippen LogP contribution >= 0.6 is 11.6 Å². The van der Waals surface area contributed by atoms with Gasteiger partial charge in [-0.3, -0.25) is 19.6 Å². The molecule has 152 valence electrons. The van der Waals surface area contributed by atoms with Crippen LogP contribution in [-0.4, -0.2) is 42.3 Å². The fourth-order valence-electron chi connectivity index (χ4n) is 2.69. The number of nitro groups is 1. The van der Waals surface area contributed by atoms with E-state index in [1.165, 1.54) is 22.9 Å². The van der Waals surface area contributed by atoms with Gasteiger partial charge in [0.05, 0.1) is 22.2 Å². The molecule has 0 N–H and O–H groups in total. The standard InChI is InChI=1S/C18H19ClN6O4/c1-3-24-14(6-8-20-24)11-22(2)18(26)16-7-9-23(21-16)12-29-17-5-4-13(25(27)28)10-15(17)19/h4-10H,3,11-12H2,1-2H3. The summed E-state index contributed by atoms with van der Waals surface area (Å²) < 4.78 is 8.80. The van der Waals surface area contributed by atoms with E-state index in [2.05, 4.69) is 10.2 Å². The Labute approximate surface area is 171 Å². The molecule has 0 aliphatic carbocycles. The topological polar surface area (TPSA) is 108 Å². The van der Waals surface area contributed by atoms with Crippen LogP contribution in [0.5, 0.6) is 5.75 Å². The maximum absolute atomic E-state index is 12.6. The number of rotatable bonds is 8. The number of non-ortho nitro benzene ring substituents is 1. The first kappa shape index (κ1) is 20.3. The van der Waals surface area contributed by atoms with E-state index in [1.54, 1.807) is 30.4 Å². The van der Waals surface area contributed by atoms with Crippen molar-refractivity contribution in [1.29, 1.82) is 0 Å². The lowest BCUT2D eigenvalue weighted by Gasteiger charge is -2.16. The molecule has 0 radical (unpaired) electrons. The molecule has 0 saturated heterocycles. The summed E-state index contributed by atoms with van der Waals surface area (Å²) in [6.45, 7) is 3.12. The zero-order valence-electron chi connectivity index (χ0n) is 15.9. The number of nitro benzene ring substituents is 1. The number of ether oxygens (including phenoxy) is 1. The number of amides is 1. The number of aryl methyl sites for hydroxylation is 1. The quantitative estimate of drug-likeness (QED) is 0.411. The van der Waals surface area contributed by atoms with Crippen LogP contribution in [0.15, 0.2) is 42.7 Å². The summed E-state index contributed by atoms with van der Waals surface area (Å²) in [5, 5.41) is 19.3. The molecule has 2 aromatic heterocycles. The molecular weight excluding hydrogens is 400 g/mol. The van der Waals surface area contributed by atoms with Gasteiger partial charge in [0.15, 0.2) is 12.4 Å². The van der Waals surface area contributed by atoms with E-state index in [-0.39, 0.29) is 34.8 Å². The zero-order valence-corrected chi connectivity index (χ0v) is 16.6. The molecule has 3 aromatic rings. The molecule has 29 heavy (non-hydrogen) atoms. The van der Waals surface area contributed by atoms with Crippen LogP contribution in [-0.2, 0) is 19.8 Å². The Bertz CT molecular complexity index is 1030. The van der Waals surface area contributed by atoms with Crippen molar-refractivity contribution >= 4 is 23.2 Å². The highest BCUT2D eigenvalue weighted by Gasteiger charge is 2.17. The second kappa shape index (κ2) is 8.74. The van der Waals surface area contributed by atoms with Crippen LogP contribution in [0.4, 0.5) is 5.69 Å². The van der Waals surface area contributed by atoms with Crippen LogP contribution in [0.2, 0.25) is 5.02 Å². The second-order valence-corrected chi connectivity index (χ2v) is 6.59. The summed E-state index contributed by atoms with van der Waals surface area (Å²) in [5.41, 5.74) is 1.08. The van der Waals surface area contributed by atoms with E-state index < -0.39 is 4.92 Å². The van der Waals surface area contributed by atoms with Crippen molar-refractivity contribution in [3.63, 3.8) is 0 Å². The van der Waals surface area contributed by atoms with E-state index in [1.807, 2.05) is 17.7 Å². The van der Waals surface area contributed by atoms with E-state index in [0.29, 0.717) is 6.54 Å². The molecule has 0 aliphatic heterocycles. The van der Waals surface area contributed by atoms with Crippen molar-refractivity contribution in [3.05, 3.63) is 69.3 Å². The molecule has 1 amide bonds. The van der Waals surface area contributed by atoms with E-state index in [9.17, 15) is 14.9 Å². The summed E-state index contributed by atoms with van der Waals surface area (Å²) in [4.78, 5) is 24.4. The van der Waals surface area contributed by atoms with Crippen molar-refractivity contribution in [3.8, 4) is 5.75 Å². The van der Waals surface area contributed by atoms with Crippen LogP contribution in [0.3, 0.4) is 0 Å². The van der Waals surface area contributed by atoms with Gasteiger partial charge in [0, 0.05) is 38.1 Å². The van der Waals surface area contributed by atoms with Gasteiger partial charge in [0.1, 0.15) is 5.75 Å². The highest BCUT2D eigenvalue weighted by Crippen LogP contribution is 2.28. The molecule has 1 aromatic carbocycles. The Morgan fingerprint density at radius 2 is 2.14 bits per heavy atom. The Kier molecular flexibility index (Phi) is 6.13. The molecule has 0 spiro atoms. The van der Waals surface area contributed by atoms with Gasteiger partial charge < -0.3 is 9.64 Å². The average Bonchev–Trinajstić information content (AvgIpc) is 3.35. The number of carbonyl (C=O) groups excluding carboxylic acids is 1. The predicted octanol–water partition coefficient (Wildman–Crippen LogP) is 2.97. The van der Waals surface area contributed by atoms with Gasteiger partial charge >= 0.3 is 0 Å². The van der Waals surface area contributed by atoms with E-state index in [0.717, 1.165) is 12.2 Å².